The molecule has 6 heteroatoms. The van der Waals surface area contributed by atoms with Crippen molar-refractivity contribution in [3.8, 4) is 5.75 Å². The van der Waals surface area contributed by atoms with Crippen LogP contribution >= 0.6 is 0 Å². The largest absolute Gasteiger partial charge is 0.514 e. The Labute approximate surface area is 203 Å². The van der Waals surface area contributed by atoms with Crippen LogP contribution in [0.1, 0.15) is 34.5 Å². The number of carbonyl (C=O) groups excluding carboxylic acids is 2. The van der Waals surface area contributed by atoms with Gasteiger partial charge < -0.3 is 19.3 Å². The summed E-state index contributed by atoms with van der Waals surface area (Å²) in [5.74, 6) is -0.572. The minimum absolute atomic E-state index is 0.0896. The highest BCUT2D eigenvalue weighted by Crippen LogP contribution is 2.28. The summed E-state index contributed by atoms with van der Waals surface area (Å²) in [5, 5.41) is 10.6. The monoisotopic (exact) mass is 468 g/mol. The predicted molar refractivity (Wildman–Crippen MR) is 129 cm³/mol. The summed E-state index contributed by atoms with van der Waals surface area (Å²) in [6.45, 7) is 0.0896. The molecular formula is C29H24O6. The summed E-state index contributed by atoms with van der Waals surface area (Å²) in [5.41, 5.74) is 2.72. The Kier molecular flexibility index (Phi) is 7.88. The van der Waals surface area contributed by atoms with Crippen molar-refractivity contribution in [2.24, 2.45) is 0 Å². The first-order chi connectivity index (χ1) is 17.1. The zero-order valence-corrected chi connectivity index (χ0v) is 18.8. The van der Waals surface area contributed by atoms with E-state index in [4.69, 9.17) is 14.2 Å². The summed E-state index contributed by atoms with van der Waals surface area (Å²) in [7, 11) is 0. The van der Waals surface area contributed by atoms with E-state index in [9.17, 15) is 14.7 Å². The third-order valence-corrected chi connectivity index (χ3v) is 5.26. The average Bonchev–Trinajstić information content (AvgIpc) is 2.92. The molecule has 4 aromatic carbocycles. The highest BCUT2D eigenvalue weighted by molar-refractivity contribution is 5.77. The lowest BCUT2D eigenvalue weighted by Crippen LogP contribution is -2.19. The van der Waals surface area contributed by atoms with E-state index in [1.165, 1.54) is 24.3 Å². The molecule has 0 aromatic heterocycles. The Morgan fingerprint density at radius 1 is 0.657 bits per heavy atom. The second kappa shape index (κ2) is 11.6. The van der Waals surface area contributed by atoms with E-state index in [0.717, 1.165) is 16.7 Å². The SMILES string of the molecule is O=C(OCc1ccccc1)Oc1ccc([C@H](O)C(=O)OC(c2ccccc2)c2ccccc2)cc1. The minimum atomic E-state index is -1.51. The van der Waals surface area contributed by atoms with E-state index < -0.39 is 24.3 Å². The van der Waals surface area contributed by atoms with E-state index in [2.05, 4.69) is 0 Å². The summed E-state index contributed by atoms with van der Waals surface area (Å²) in [6.07, 6.45) is -3.03. The van der Waals surface area contributed by atoms with Crippen LogP contribution in [0.5, 0.6) is 5.75 Å². The fraction of sp³-hybridized carbons (Fsp3) is 0.103. The molecule has 35 heavy (non-hydrogen) atoms. The van der Waals surface area contributed by atoms with Crippen LogP contribution in [0.2, 0.25) is 0 Å². The molecular weight excluding hydrogens is 444 g/mol. The van der Waals surface area contributed by atoms with Crippen LogP contribution in [0.25, 0.3) is 0 Å². The van der Waals surface area contributed by atoms with E-state index in [-0.39, 0.29) is 12.4 Å². The Hall–Kier alpha value is -4.42. The van der Waals surface area contributed by atoms with Crippen molar-refractivity contribution in [2.75, 3.05) is 0 Å². The first kappa shape index (κ1) is 23.7. The topological polar surface area (TPSA) is 82.1 Å². The molecule has 0 heterocycles. The Balaban J connectivity index is 1.38. The van der Waals surface area contributed by atoms with Gasteiger partial charge in [0, 0.05) is 0 Å². The fourth-order valence-electron chi connectivity index (χ4n) is 3.46. The van der Waals surface area contributed by atoms with E-state index in [1.807, 2.05) is 91.0 Å². The number of carbonyl (C=O) groups is 2. The van der Waals surface area contributed by atoms with Gasteiger partial charge >= 0.3 is 12.1 Å². The molecule has 0 amide bonds. The lowest BCUT2D eigenvalue weighted by molar-refractivity contribution is -0.158. The second-order valence-corrected chi connectivity index (χ2v) is 7.74. The van der Waals surface area contributed by atoms with Crippen LogP contribution in [-0.2, 0) is 20.9 Å². The van der Waals surface area contributed by atoms with Crippen molar-refractivity contribution in [1.82, 2.24) is 0 Å². The van der Waals surface area contributed by atoms with E-state index in [1.54, 1.807) is 0 Å². The molecule has 0 unspecified atom stereocenters. The molecule has 0 aliphatic carbocycles. The van der Waals surface area contributed by atoms with Crippen molar-refractivity contribution in [2.45, 2.75) is 18.8 Å². The van der Waals surface area contributed by atoms with Crippen LogP contribution in [-0.4, -0.2) is 17.2 Å². The minimum Gasteiger partial charge on any atom is -0.450 e. The molecule has 0 aliphatic heterocycles. The number of hydrogen-bond donors (Lipinski definition) is 1. The van der Waals surface area contributed by atoms with Gasteiger partial charge in [-0.3, -0.25) is 0 Å². The molecule has 0 spiro atoms. The Morgan fingerprint density at radius 3 is 1.71 bits per heavy atom. The van der Waals surface area contributed by atoms with Crippen LogP contribution in [0.4, 0.5) is 4.79 Å². The fourth-order valence-corrected chi connectivity index (χ4v) is 3.46. The van der Waals surface area contributed by atoms with Crippen LogP contribution in [0.3, 0.4) is 0 Å². The smallest absolute Gasteiger partial charge is 0.450 e. The molecule has 0 radical (unpaired) electrons. The number of hydrogen-bond acceptors (Lipinski definition) is 6. The summed E-state index contributed by atoms with van der Waals surface area (Å²) < 4.78 is 16.0. The molecule has 176 valence electrons. The van der Waals surface area contributed by atoms with Gasteiger partial charge in [0.05, 0.1) is 0 Å². The molecule has 0 aliphatic rings. The van der Waals surface area contributed by atoms with Gasteiger partial charge in [0.15, 0.2) is 12.2 Å². The van der Waals surface area contributed by atoms with Crippen molar-refractivity contribution in [3.05, 3.63) is 138 Å². The molecule has 4 aromatic rings. The first-order valence-electron chi connectivity index (χ1n) is 11.1. The Morgan fingerprint density at radius 2 is 1.17 bits per heavy atom. The van der Waals surface area contributed by atoms with Crippen LogP contribution < -0.4 is 4.74 Å². The zero-order valence-electron chi connectivity index (χ0n) is 18.8. The molecule has 1 atom stereocenters. The van der Waals surface area contributed by atoms with Crippen molar-refractivity contribution >= 4 is 12.1 Å². The third kappa shape index (κ3) is 6.56. The first-order valence-corrected chi connectivity index (χ1v) is 11.1. The standard InChI is InChI=1S/C29H24O6/c30-26(28(31)35-27(23-12-6-2-7-13-23)24-14-8-3-9-15-24)22-16-18-25(19-17-22)34-29(32)33-20-21-10-4-1-5-11-21/h1-19,26-27,30H,20H2/t26-/m0/s1. The number of esters is 1. The molecule has 1 N–H and O–H groups in total. The average molecular weight is 469 g/mol. The number of aliphatic hydroxyl groups excluding tert-OH is 1. The quantitative estimate of drug-likeness (QED) is 0.261. The van der Waals surface area contributed by atoms with Gasteiger partial charge in [-0.1, -0.05) is 103 Å². The van der Waals surface area contributed by atoms with Gasteiger partial charge in [-0.15, -0.1) is 0 Å². The molecule has 4 rings (SSSR count). The van der Waals surface area contributed by atoms with Gasteiger partial charge in [-0.05, 0) is 34.4 Å². The zero-order chi connectivity index (χ0) is 24.5. The maximum atomic E-state index is 12.8. The predicted octanol–water partition coefficient (Wildman–Crippen LogP) is 5.77. The molecule has 0 saturated carbocycles. The Bertz CT molecular complexity index is 1190. The second-order valence-electron chi connectivity index (χ2n) is 7.74. The molecule has 0 fully saturated rings. The maximum Gasteiger partial charge on any atom is 0.514 e. The van der Waals surface area contributed by atoms with Gasteiger partial charge in [0.1, 0.15) is 12.4 Å². The number of ether oxygens (including phenoxy) is 3. The number of aliphatic hydroxyl groups is 1. The maximum absolute atomic E-state index is 12.8. The van der Waals surface area contributed by atoms with Gasteiger partial charge in [-0.2, -0.15) is 0 Å². The van der Waals surface area contributed by atoms with E-state index in [0.29, 0.717) is 5.56 Å². The van der Waals surface area contributed by atoms with Crippen LogP contribution in [0, 0.1) is 0 Å². The normalized spacial score (nSPS) is 11.5. The van der Waals surface area contributed by atoms with Crippen molar-refractivity contribution in [3.63, 3.8) is 0 Å². The molecule has 0 saturated heterocycles. The van der Waals surface area contributed by atoms with E-state index >= 15 is 0 Å². The molecule has 0 bridgehead atoms. The summed E-state index contributed by atoms with van der Waals surface area (Å²) >= 11 is 0. The lowest BCUT2D eigenvalue weighted by Gasteiger charge is -2.21. The van der Waals surface area contributed by atoms with Gasteiger partial charge in [-0.25, -0.2) is 9.59 Å². The summed E-state index contributed by atoms with van der Waals surface area (Å²) in [6, 6.07) is 33.8. The summed E-state index contributed by atoms with van der Waals surface area (Å²) in [4.78, 5) is 24.7. The molecule has 6 nitrogen and oxygen atoms in total. The van der Waals surface area contributed by atoms with Gasteiger partial charge in [0.25, 0.3) is 0 Å². The van der Waals surface area contributed by atoms with Crippen molar-refractivity contribution < 1.29 is 28.9 Å². The van der Waals surface area contributed by atoms with Crippen LogP contribution in [0.15, 0.2) is 115 Å². The lowest BCUT2D eigenvalue weighted by atomic mass is 10.0. The highest BCUT2D eigenvalue weighted by Gasteiger charge is 2.25. The number of benzene rings is 4. The third-order valence-electron chi connectivity index (χ3n) is 5.26. The highest BCUT2D eigenvalue weighted by atomic mass is 16.7. The van der Waals surface area contributed by atoms with Crippen molar-refractivity contribution in [1.29, 1.82) is 0 Å². The van der Waals surface area contributed by atoms with Gasteiger partial charge in [0.2, 0.25) is 0 Å². The number of rotatable bonds is 8.